The first-order chi connectivity index (χ1) is 7.86. The summed E-state index contributed by atoms with van der Waals surface area (Å²) in [4.78, 5) is 0. The fraction of sp³-hybridized carbons (Fsp3) is 0.333. The quantitative estimate of drug-likeness (QED) is 0.799. The number of rotatable bonds is 4. The molecule has 1 atom stereocenters. The highest BCUT2D eigenvalue weighted by Crippen LogP contribution is 2.34. The maximum atomic E-state index is 12.5. The molecule has 0 aliphatic heterocycles. The number of aromatic hydroxyl groups is 1. The number of benzene rings is 1. The smallest absolute Gasteiger partial charge is 0.416 e. The second-order valence-electron chi connectivity index (χ2n) is 3.74. The Morgan fingerprint density at radius 2 is 2.06 bits per heavy atom. The molecule has 3 N–H and O–H groups in total. The zero-order valence-electron chi connectivity index (χ0n) is 9.17. The van der Waals surface area contributed by atoms with Crippen molar-refractivity contribution in [1.29, 1.82) is 0 Å². The monoisotopic (exact) mass is 245 g/mol. The van der Waals surface area contributed by atoms with E-state index in [1.807, 2.05) is 0 Å². The number of hydrogen-bond donors (Lipinski definition) is 2. The maximum Gasteiger partial charge on any atom is 0.416 e. The second kappa shape index (κ2) is 5.23. The number of hydrogen-bond acceptors (Lipinski definition) is 2. The molecule has 0 radical (unpaired) electrons. The van der Waals surface area contributed by atoms with Crippen molar-refractivity contribution < 1.29 is 18.3 Å². The van der Waals surface area contributed by atoms with E-state index in [9.17, 15) is 18.3 Å². The van der Waals surface area contributed by atoms with E-state index in [1.165, 1.54) is 0 Å². The minimum absolute atomic E-state index is 0.113. The molecule has 0 saturated carbocycles. The predicted molar refractivity (Wildman–Crippen MR) is 59.5 cm³/mol. The molecule has 94 valence electrons. The maximum absolute atomic E-state index is 12.5. The van der Waals surface area contributed by atoms with Gasteiger partial charge in [-0.2, -0.15) is 13.2 Å². The van der Waals surface area contributed by atoms with E-state index < -0.39 is 17.8 Å². The first kappa shape index (κ1) is 13.6. The van der Waals surface area contributed by atoms with Crippen LogP contribution in [0.25, 0.3) is 0 Å². The van der Waals surface area contributed by atoms with Crippen LogP contribution in [-0.2, 0) is 6.18 Å². The van der Waals surface area contributed by atoms with Crippen LogP contribution < -0.4 is 5.73 Å². The highest BCUT2D eigenvalue weighted by atomic mass is 19.4. The van der Waals surface area contributed by atoms with Crippen LogP contribution >= 0.6 is 0 Å². The Hall–Kier alpha value is -1.49. The van der Waals surface area contributed by atoms with Gasteiger partial charge in [-0.3, -0.25) is 0 Å². The Balaban J connectivity index is 3.02. The molecular weight excluding hydrogens is 231 g/mol. The first-order valence-electron chi connectivity index (χ1n) is 5.13. The molecule has 0 aromatic heterocycles. The minimum Gasteiger partial charge on any atom is -0.508 e. The lowest BCUT2D eigenvalue weighted by molar-refractivity contribution is -0.137. The highest BCUT2D eigenvalue weighted by Gasteiger charge is 2.31. The molecule has 17 heavy (non-hydrogen) atoms. The van der Waals surface area contributed by atoms with Gasteiger partial charge in [0.25, 0.3) is 0 Å². The van der Waals surface area contributed by atoms with E-state index in [4.69, 9.17) is 5.73 Å². The molecule has 0 saturated heterocycles. The zero-order chi connectivity index (χ0) is 13.1. The van der Waals surface area contributed by atoms with Gasteiger partial charge in [0.1, 0.15) is 5.75 Å². The van der Waals surface area contributed by atoms with Gasteiger partial charge >= 0.3 is 6.18 Å². The Kier molecular flexibility index (Phi) is 4.17. The fourth-order valence-corrected chi connectivity index (χ4v) is 1.48. The lowest BCUT2D eigenvalue weighted by Gasteiger charge is -2.15. The van der Waals surface area contributed by atoms with Crippen molar-refractivity contribution in [2.24, 2.45) is 5.73 Å². The number of halogens is 3. The van der Waals surface area contributed by atoms with Crippen LogP contribution in [0.5, 0.6) is 5.75 Å². The summed E-state index contributed by atoms with van der Waals surface area (Å²) in [6.45, 7) is 3.51. The summed E-state index contributed by atoms with van der Waals surface area (Å²) >= 11 is 0. The molecule has 0 spiro atoms. The largest absolute Gasteiger partial charge is 0.508 e. The van der Waals surface area contributed by atoms with E-state index in [2.05, 4.69) is 6.58 Å². The number of alkyl halides is 3. The topological polar surface area (TPSA) is 46.2 Å². The third kappa shape index (κ3) is 3.49. The Morgan fingerprint density at radius 1 is 1.41 bits per heavy atom. The summed E-state index contributed by atoms with van der Waals surface area (Å²) in [7, 11) is 0. The number of phenols is 1. The van der Waals surface area contributed by atoms with Gasteiger partial charge in [0, 0.05) is 11.6 Å². The van der Waals surface area contributed by atoms with E-state index in [-0.39, 0.29) is 11.3 Å². The molecule has 5 heteroatoms. The van der Waals surface area contributed by atoms with Crippen LogP contribution in [0.15, 0.2) is 30.9 Å². The SMILES string of the molecule is C=CCC[C@H](N)c1cc(C(F)(F)F)ccc1O. The van der Waals surface area contributed by atoms with E-state index in [0.717, 1.165) is 18.2 Å². The first-order valence-corrected chi connectivity index (χ1v) is 5.13. The van der Waals surface area contributed by atoms with Crippen LogP contribution in [0.4, 0.5) is 13.2 Å². The zero-order valence-corrected chi connectivity index (χ0v) is 9.17. The van der Waals surface area contributed by atoms with E-state index >= 15 is 0 Å². The minimum atomic E-state index is -4.43. The van der Waals surface area contributed by atoms with Gasteiger partial charge in [-0.15, -0.1) is 6.58 Å². The van der Waals surface area contributed by atoms with Crippen LogP contribution in [0.2, 0.25) is 0 Å². The van der Waals surface area contributed by atoms with Gasteiger partial charge in [-0.1, -0.05) is 6.08 Å². The Bertz CT molecular complexity index is 401. The summed E-state index contributed by atoms with van der Waals surface area (Å²) in [5, 5.41) is 9.50. The predicted octanol–water partition coefficient (Wildman–Crippen LogP) is 3.38. The summed E-state index contributed by atoms with van der Waals surface area (Å²) < 4.78 is 37.4. The molecule has 0 fully saturated rings. The summed E-state index contributed by atoms with van der Waals surface area (Å²) in [5.74, 6) is -0.213. The van der Waals surface area contributed by atoms with Crippen molar-refractivity contribution in [3.05, 3.63) is 42.0 Å². The van der Waals surface area contributed by atoms with Crippen molar-refractivity contribution in [3.8, 4) is 5.75 Å². The van der Waals surface area contributed by atoms with Gasteiger partial charge in [0.05, 0.1) is 5.56 Å². The lowest BCUT2D eigenvalue weighted by Crippen LogP contribution is -2.12. The van der Waals surface area contributed by atoms with Crippen LogP contribution in [0.1, 0.15) is 30.0 Å². The molecule has 0 aliphatic carbocycles. The summed E-state index contributed by atoms with van der Waals surface area (Å²) in [6.07, 6.45) is -1.78. The van der Waals surface area contributed by atoms with Gasteiger partial charge in [-0.25, -0.2) is 0 Å². The van der Waals surface area contributed by atoms with Crippen molar-refractivity contribution in [3.63, 3.8) is 0 Å². The van der Waals surface area contributed by atoms with E-state index in [0.29, 0.717) is 12.8 Å². The normalized spacial score (nSPS) is 13.4. The number of nitrogens with two attached hydrogens (primary N) is 1. The lowest BCUT2D eigenvalue weighted by atomic mass is 9.99. The standard InChI is InChI=1S/C12H14F3NO/c1-2-3-4-10(16)9-7-8(12(13,14)15)5-6-11(9)17/h2,5-7,10,17H,1,3-4,16H2/t10-/m0/s1. The average molecular weight is 245 g/mol. The van der Waals surface area contributed by atoms with Gasteiger partial charge < -0.3 is 10.8 Å². The number of allylic oxidation sites excluding steroid dienone is 1. The van der Waals surface area contributed by atoms with Crippen molar-refractivity contribution in [1.82, 2.24) is 0 Å². The van der Waals surface area contributed by atoms with Crippen molar-refractivity contribution >= 4 is 0 Å². The van der Waals surface area contributed by atoms with Gasteiger partial charge in [-0.05, 0) is 31.0 Å². The van der Waals surface area contributed by atoms with Gasteiger partial charge in [0.15, 0.2) is 0 Å². The van der Waals surface area contributed by atoms with Crippen molar-refractivity contribution in [2.75, 3.05) is 0 Å². The van der Waals surface area contributed by atoms with Crippen LogP contribution in [0, 0.1) is 0 Å². The third-order valence-corrected chi connectivity index (χ3v) is 2.44. The molecule has 0 aliphatic rings. The molecule has 0 amide bonds. The Labute approximate surface area is 97.6 Å². The molecule has 0 unspecified atom stereocenters. The highest BCUT2D eigenvalue weighted by molar-refractivity contribution is 5.39. The molecule has 0 heterocycles. The number of phenolic OH excluding ortho intramolecular Hbond substituents is 1. The molecule has 0 bridgehead atoms. The van der Waals surface area contributed by atoms with E-state index in [1.54, 1.807) is 6.08 Å². The van der Waals surface area contributed by atoms with Crippen LogP contribution in [-0.4, -0.2) is 5.11 Å². The molecule has 1 rings (SSSR count). The molecular formula is C12H14F3NO. The van der Waals surface area contributed by atoms with Crippen LogP contribution in [0.3, 0.4) is 0 Å². The summed E-state index contributed by atoms with van der Waals surface area (Å²) in [5.41, 5.74) is 5.03. The summed E-state index contributed by atoms with van der Waals surface area (Å²) in [6, 6.07) is 2.11. The van der Waals surface area contributed by atoms with Crippen molar-refractivity contribution in [2.45, 2.75) is 25.1 Å². The average Bonchev–Trinajstić information content (AvgIpc) is 2.24. The third-order valence-electron chi connectivity index (χ3n) is 2.44. The molecule has 1 aromatic rings. The van der Waals surface area contributed by atoms with Gasteiger partial charge in [0.2, 0.25) is 0 Å². The molecule has 2 nitrogen and oxygen atoms in total. The fourth-order valence-electron chi connectivity index (χ4n) is 1.48. The second-order valence-corrected chi connectivity index (χ2v) is 3.74. The Morgan fingerprint density at radius 3 is 2.59 bits per heavy atom. The molecule has 1 aromatic carbocycles.